The lowest BCUT2D eigenvalue weighted by Gasteiger charge is -2.15. The molecule has 0 aliphatic carbocycles. The number of aliphatic imine (C=N–C) groups is 1. The number of hydrogen-bond acceptors (Lipinski definition) is 5. The van der Waals surface area contributed by atoms with Crippen molar-refractivity contribution in [2.24, 2.45) is 4.99 Å². The second-order valence-electron chi connectivity index (χ2n) is 6.11. The van der Waals surface area contributed by atoms with Gasteiger partial charge in [0.05, 0.1) is 13.7 Å². The Labute approximate surface area is 192 Å². The van der Waals surface area contributed by atoms with Crippen LogP contribution in [0.5, 0.6) is 11.5 Å². The zero-order chi connectivity index (χ0) is 19.8. The van der Waals surface area contributed by atoms with Gasteiger partial charge in [-0.15, -0.1) is 35.3 Å². The molecule has 0 spiro atoms. The molecule has 0 saturated heterocycles. The second-order valence-corrected chi connectivity index (χ2v) is 7.22. The molecule has 8 heteroatoms. The highest BCUT2D eigenvalue weighted by Crippen LogP contribution is 2.29. The van der Waals surface area contributed by atoms with E-state index in [-0.39, 0.29) is 24.0 Å². The Morgan fingerprint density at radius 3 is 2.52 bits per heavy atom. The third-order valence-corrected chi connectivity index (χ3v) is 5.40. The standard InChI is InChI=1S/C21H25N3O3S.HI/c1-22-21(23-11-12-27-17-9-7-16(26-2)8-10-17)24-14-18(25)20-13-15-5-3-4-6-19(15)28-20;/h3-10,13,18,25H,11-12,14H2,1-2H3,(H2,22,23,24);1H. The van der Waals surface area contributed by atoms with Crippen LogP contribution in [0.2, 0.25) is 0 Å². The van der Waals surface area contributed by atoms with Crippen molar-refractivity contribution in [2.75, 3.05) is 33.9 Å². The number of guanidine groups is 1. The lowest BCUT2D eigenvalue weighted by molar-refractivity contribution is 0.184. The fraction of sp³-hybridized carbons (Fsp3) is 0.286. The van der Waals surface area contributed by atoms with E-state index in [0.717, 1.165) is 21.8 Å². The number of fused-ring (bicyclic) bond motifs is 1. The molecule has 1 atom stereocenters. The number of aliphatic hydroxyl groups is 1. The zero-order valence-corrected chi connectivity index (χ0v) is 19.6. The molecule has 3 N–H and O–H groups in total. The number of benzene rings is 2. The molecule has 0 aliphatic heterocycles. The summed E-state index contributed by atoms with van der Waals surface area (Å²) in [6.07, 6.45) is -0.591. The molecule has 2 aromatic carbocycles. The quantitative estimate of drug-likeness (QED) is 0.180. The minimum atomic E-state index is -0.591. The molecule has 1 aromatic heterocycles. The van der Waals surface area contributed by atoms with Crippen LogP contribution in [0.3, 0.4) is 0 Å². The van der Waals surface area contributed by atoms with Crippen LogP contribution in [0.15, 0.2) is 59.6 Å². The van der Waals surface area contributed by atoms with Gasteiger partial charge in [0.1, 0.15) is 24.2 Å². The monoisotopic (exact) mass is 527 g/mol. The van der Waals surface area contributed by atoms with Gasteiger partial charge in [-0.1, -0.05) is 18.2 Å². The van der Waals surface area contributed by atoms with Crippen LogP contribution < -0.4 is 20.1 Å². The molecule has 0 aliphatic rings. The molecular formula is C21H26IN3O3S. The second kappa shape index (κ2) is 11.8. The minimum Gasteiger partial charge on any atom is -0.497 e. The SMILES string of the molecule is CN=C(NCCOc1ccc(OC)cc1)NCC(O)c1cc2ccccc2s1.I. The number of nitrogens with zero attached hydrogens (tertiary/aromatic N) is 1. The normalized spacial score (nSPS) is 12.2. The summed E-state index contributed by atoms with van der Waals surface area (Å²) in [6.45, 7) is 1.46. The average molecular weight is 527 g/mol. The molecule has 29 heavy (non-hydrogen) atoms. The number of rotatable bonds is 8. The van der Waals surface area contributed by atoms with Gasteiger partial charge in [0, 0.05) is 23.2 Å². The largest absolute Gasteiger partial charge is 0.497 e. The van der Waals surface area contributed by atoms with Crippen molar-refractivity contribution < 1.29 is 14.6 Å². The summed E-state index contributed by atoms with van der Waals surface area (Å²) in [7, 11) is 3.33. The van der Waals surface area contributed by atoms with Crippen molar-refractivity contribution in [2.45, 2.75) is 6.10 Å². The van der Waals surface area contributed by atoms with E-state index in [1.165, 1.54) is 4.70 Å². The van der Waals surface area contributed by atoms with Crippen LogP contribution >= 0.6 is 35.3 Å². The Bertz CT molecular complexity index is 882. The highest BCUT2D eigenvalue weighted by molar-refractivity contribution is 14.0. The molecule has 0 saturated carbocycles. The Morgan fingerprint density at radius 1 is 1.10 bits per heavy atom. The van der Waals surface area contributed by atoms with Crippen LogP contribution in [0, 0.1) is 0 Å². The van der Waals surface area contributed by atoms with Gasteiger partial charge in [-0.3, -0.25) is 4.99 Å². The smallest absolute Gasteiger partial charge is 0.191 e. The number of nitrogens with one attached hydrogen (secondary N) is 2. The maximum absolute atomic E-state index is 10.5. The molecule has 156 valence electrons. The number of aliphatic hydroxyl groups excluding tert-OH is 1. The molecule has 0 amide bonds. The van der Waals surface area contributed by atoms with Crippen molar-refractivity contribution in [3.63, 3.8) is 0 Å². The molecule has 3 rings (SSSR count). The third-order valence-electron chi connectivity index (χ3n) is 4.18. The first-order valence-electron chi connectivity index (χ1n) is 9.07. The van der Waals surface area contributed by atoms with E-state index in [2.05, 4.69) is 27.8 Å². The summed E-state index contributed by atoms with van der Waals surface area (Å²) in [5.74, 6) is 2.21. The number of ether oxygens (including phenoxy) is 2. The Morgan fingerprint density at radius 2 is 1.83 bits per heavy atom. The molecule has 1 heterocycles. The van der Waals surface area contributed by atoms with E-state index >= 15 is 0 Å². The van der Waals surface area contributed by atoms with Gasteiger partial charge in [0.25, 0.3) is 0 Å². The summed E-state index contributed by atoms with van der Waals surface area (Å²) in [6, 6.07) is 17.6. The molecular weight excluding hydrogens is 501 g/mol. The fourth-order valence-corrected chi connectivity index (χ4v) is 3.74. The number of halogens is 1. The van der Waals surface area contributed by atoms with E-state index in [9.17, 15) is 5.11 Å². The molecule has 3 aromatic rings. The van der Waals surface area contributed by atoms with Crippen molar-refractivity contribution in [1.82, 2.24) is 10.6 Å². The van der Waals surface area contributed by atoms with Crippen molar-refractivity contribution in [3.05, 3.63) is 59.5 Å². The van der Waals surface area contributed by atoms with Crippen molar-refractivity contribution in [3.8, 4) is 11.5 Å². The molecule has 0 radical (unpaired) electrons. The Balaban J connectivity index is 0.00000300. The van der Waals surface area contributed by atoms with E-state index in [4.69, 9.17) is 9.47 Å². The zero-order valence-electron chi connectivity index (χ0n) is 16.4. The van der Waals surface area contributed by atoms with Gasteiger partial charge >= 0.3 is 0 Å². The van der Waals surface area contributed by atoms with E-state index in [0.29, 0.717) is 25.7 Å². The predicted octanol–water partition coefficient (Wildman–Crippen LogP) is 3.81. The summed E-state index contributed by atoms with van der Waals surface area (Å²) in [5.41, 5.74) is 0. The van der Waals surface area contributed by atoms with Gasteiger partial charge in [0.15, 0.2) is 5.96 Å². The van der Waals surface area contributed by atoms with Crippen molar-refractivity contribution in [1.29, 1.82) is 0 Å². The summed E-state index contributed by atoms with van der Waals surface area (Å²) in [4.78, 5) is 5.12. The number of hydrogen-bond donors (Lipinski definition) is 3. The maximum Gasteiger partial charge on any atom is 0.191 e. The average Bonchev–Trinajstić information content (AvgIpc) is 3.18. The van der Waals surface area contributed by atoms with Gasteiger partial charge in [-0.2, -0.15) is 0 Å². The Kier molecular flexibility index (Phi) is 9.49. The van der Waals surface area contributed by atoms with Gasteiger partial charge in [-0.05, 0) is 41.8 Å². The fourth-order valence-electron chi connectivity index (χ4n) is 2.69. The summed E-state index contributed by atoms with van der Waals surface area (Å²) in [5, 5.41) is 17.9. The van der Waals surface area contributed by atoms with Crippen LogP contribution in [-0.2, 0) is 0 Å². The molecule has 0 fully saturated rings. The third kappa shape index (κ3) is 6.76. The first kappa shape index (κ1) is 23.2. The maximum atomic E-state index is 10.5. The number of methoxy groups -OCH3 is 1. The van der Waals surface area contributed by atoms with Crippen LogP contribution in [-0.4, -0.2) is 44.9 Å². The Hall–Kier alpha value is -2.04. The minimum absolute atomic E-state index is 0. The summed E-state index contributed by atoms with van der Waals surface area (Å²) >= 11 is 1.61. The van der Waals surface area contributed by atoms with Crippen molar-refractivity contribution >= 4 is 51.4 Å². The van der Waals surface area contributed by atoms with Crippen LogP contribution in [0.1, 0.15) is 11.0 Å². The summed E-state index contributed by atoms with van der Waals surface area (Å²) < 4.78 is 12.0. The molecule has 6 nitrogen and oxygen atoms in total. The molecule has 1 unspecified atom stereocenters. The predicted molar refractivity (Wildman–Crippen MR) is 130 cm³/mol. The highest BCUT2D eigenvalue weighted by atomic mass is 127. The molecule has 0 bridgehead atoms. The number of thiophene rings is 1. The first-order chi connectivity index (χ1) is 13.7. The van der Waals surface area contributed by atoms with Crippen LogP contribution in [0.4, 0.5) is 0 Å². The first-order valence-corrected chi connectivity index (χ1v) is 9.89. The van der Waals surface area contributed by atoms with Crippen LogP contribution in [0.25, 0.3) is 10.1 Å². The highest BCUT2D eigenvalue weighted by Gasteiger charge is 2.12. The van der Waals surface area contributed by atoms with E-state index in [1.807, 2.05) is 42.5 Å². The van der Waals surface area contributed by atoms with Gasteiger partial charge < -0.3 is 25.2 Å². The van der Waals surface area contributed by atoms with Gasteiger partial charge in [0.2, 0.25) is 0 Å². The lowest BCUT2D eigenvalue weighted by Crippen LogP contribution is -2.41. The van der Waals surface area contributed by atoms with Gasteiger partial charge in [-0.25, -0.2) is 0 Å². The van der Waals surface area contributed by atoms with E-state index < -0.39 is 6.10 Å². The lowest BCUT2D eigenvalue weighted by atomic mass is 10.2. The van der Waals surface area contributed by atoms with E-state index in [1.54, 1.807) is 25.5 Å². The topological polar surface area (TPSA) is 75.1 Å².